The van der Waals surface area contributed by atoms with Crippen LogP contribution in [0.5, 0.6) is 0 Å². The second-order valence-electron chi connectivity index (χ2n) is 5.21. The van der Waals surface area contributed by atoms with Gasteiger partial charge in [-0.25, -0.2) is 4.79 Å². The van der Waals surface area contributed by atoms with Crippen molar-refractivity contribution in [1.29, 1.82) is 0 Å². The van der Waals surface area contributed by atoms with E-state index >= 15 is 0 Å². The number of anilines is 1. The molecular weight excluding hydrogens is 230 g/mol. The first-order valence-electron chi connectivity index (χ1n) is 5.84. The van der Waals surface area contributed by atoms with Crippen LogP contribution in [-0.4, -0.2) is 17.5 Å². The molecule has 0 heterocycles. The summed E-state index contributed by atoms with van der Waals surface area (Å²) in [4.78, 5) is 22.6. The minimum absolute atomic E-state index is 0.0874. The number of Topliss-reactive ketones (excluding diaryl/α,β-unsaturated/α-hetero) is 1. The average molecular weight is 249 g/mol. The summed E-state index contributed by atoms with van der Waals surface area (Å²) in [6.07, 6.45) is -0.133. The van der Waals surface area contributed by atoms with Crippen molar-refractivity contribution in [3.05, 3.63) is 29.8 Å². The molecule has 0 aromatic heterocycles. The van der Waals surface area contributed by atoms with Gasteiger partial charge in [-0.2, -0.15) is 0 Å². The van der Waals surface area contributed by atoms with Gasteiger partial charge in [0.15, 0.2) is 0 Å². The number of ether oxygens (including phenoxy) is 1. The van der Waals surface area contributed by atoms with Crippen molar-refractivity contribution in [2.75, 3.05) is 5.32 Å². The van der Waals surface area contributed by atoms with E-state index in [9.17, 15) is 9.59 Å². The molecule has 0 unspecified atom stereocenters. The van der Waals surface area contributed by atoms with Crippen molar-refractivity contribution >= 4 is 17.6 Å². The van der Waals surface area contributed by atoms with E-state index in [0.717, 1.165) is 5.56 Å². The maximum absolute atomic E-state index is 11.6. The van der Waals surface area contributed by atoms with Gasteiger partial charge in [0, 0.05) is 12.1 Å². The van der Waals surface area contributed by atoms with Gasteiger partial charge < -0.3 is 4.74 Å². The van der Waals surface area contributed by atoms with Gasteiger partial charge in [0.25, 0.3) is 0 Å². The molecule has 0 aliphatic heterocycles. The van der Waals surface area contributed by atoms with Crippen LogP contribution in [0.3, 0.4) is 0 Å². The van der Waals surface area contributed by atoms with Crippen molar-refractivity contribution in [3.8, 4) is 0 Å². The zero-order valence-electron chi connectivity index (χ0n) is 11.2. The largest absolute Gasteiger partial charge is 0.444 e. The number of hydrogen-bond donors (Lipinski definition) is 1. The van der Waals surface area contributed by atoms with Crippen LogP contribution >= 0.6 is 0 Å². The van der Waals surface area contributed by atoms with Crippen molar-refractivity contribution in [2.24, 2.45) is 0 Å². The predicted octanol–water partition coefficient (Wildman–Crippen LogP) is 3.17. The van der Waals surface area contributed by atoms with Crippen LogP contribution in [0.15, 0.2) is 24.3 Å². The SMILES string of the molecule is CC(=O)Cc1cccc(NC(=O)OC(C)(C)C)c1. The number of hydrogen-bond acceptors (Lipinski definition) is 3. The molecule has 0 atom stereocenters. The van der Waals surface area contributed by atoms with Crippen LogP contribution in [-0.2, 0) is 16.0 Å². The molecular formula is C14H19NO3. The van der Waals surface area contributed by atoms with E-state index in [1.165, 1.54) is 6.92 Å². The van der Waals surface area contributed by atoms with E-state index in [0.29, 0.717) is 12.1 Å². The first-order chi connectivity index (χ1) is 8.26. The summed E-state index contributed by atoms with van der Waals surface area (Å²) in [6, 6.07) is 7.17. The molecule has 4 heteroatoms. The molecule has 1 aromatic rings. The maximum atomic E-state index is 11.6. The monoisotopic (exact) mass is 249 g/mol. The standard InChI is InChI=1S/C14H19NO3/c1-10(16)8-11-6-5-7-12(9-11)15-13(17)18-14(2,3)4/h5-7,9H,8H2,1-4H3,(H,15,17). The third kappa shape index (κ3) is 5.48. The Bertz CT molecular complexity index is 447. The lowest BCUT2D eigenvalue weighted by Gasteiger charge is -2.19. The van der Waals surface area contributed by atoms with Crippen molar-refractivity contribution in [3.63, 3.8) is 0 Å². The van der Waals surface area contributed by atoms with Gasteiger partial charge in [0.2, 0.25) is 0 Å². The van der Waals surface area contributed by atoms with Gasteiger partial charge in [-0.15, -0.1) is 0 Å². The summed E-state index contributed by atoms with van der Waals surface area (Å²) in [5, 5.41) is 2.64. The number of ketones is 1. The number of nitrogens with one attached hydrogen (secondary N) is 1. The Kier molecular flexibility index (Phi) is 4.48. The molecule has 0 saturated heterocycles. The normalized spacial score (nSPS) is 10.9. The lowest BCUT2D eigenvalue weighted by molar-refractivity contribution is -0.116. The summed E-state index contributed by atoms with van der Waals surface area (Å²) < 4.78 is 5.15. The highest BCUT2D eigenvalue weighted by Crippen LogP contribution is 2.14. The first-order valence-corrected chi connectivity index (χ1v) is 5.84. The molecule has 4 nitrogen and oxygen atoms in total. The number of benzene rings is 1. The second-order valence-corrected chi connectivity index (χ2v) is 5.21. The highest BCUT2D eigenvalue weighted by Gasteiger charge is 2.16. The second kappa shape index (κ2) is 5.67. The van der Waals surface area contributed by atoms with E-state index in [4.69, 9.17) is 4.74 Å². The summed E-state index contributed by atoms with van der Waals surface area (Å²) in [6.45, 7) is 6.95. The molecule has 0 saturated carbocycles. The minimum Gasteiger partial charge on any atom is -0.444 e. The van der Waals surface area contributed by atoms with Gasteiger partial charge >= 0.3 is 6.09 Å². The number of carbonyl (C=O) groups excluding carboxylic acids is 2. The van der Waals surface area contributed by atoms with Gasteiger partial charge in [-0.1, -0.05) is 12.1 Å². The Labute approximate surface area is 107 Å². The molecule has 1 rings (SSSR count). The lowest BCUT2D eigenvalue weighted by Crippen LogP contribution is -2.27. The van der Waals surface area contributed by atoms with Crippen LogP contribution in [0.1, 0.15) is 33.3 Å². The molecule has 1 aromatic carbocycles. The molecule has 0 bridgehead atoms. The fraction of sp³-hybridized carbons (Fsp3) is 0.429. The minimum atomic E-state index is -0.527. The summed E-state index contributed by atoms with van der Waals surface area (Å²) in [7, 11) is 0. The Hall–Kier alpha value is -1.84. The Morgan fingerprint density at radius 2 is 1.94 bits per heavy atom. The van der Waals surface area contributed by atoms with E-state index in [1.54, 1.807) is 39.0 Å². The molecule has 0 fully saturated rings. The lowest BCUT2D eigenvalue weighted by atomic mass is 10.1. The number of rotatable bonds is 3. The third-order valence-electron chi connectivity index (χ3n) is 2.03. The summed E-state index contributed by atoms with van der Waals surface area (Å²) in [5.41, 5.74) is 0.972. The highest BCUT2D eigenvalue weighted by molar-refractivity contribution is 5.85. The smallest absolute Gasteiger partial charge is 0.412 e. The molecule has 98 valence electrons. The van der Waals surface area contributed by atoms with Gasteiger partial charge in [0.05, 0.1) is 0 Å². The molecule has 0 aliphatic carbocycles. The molecule has 18 heavy (non-hydrogen) atoms. The zero-order chi connectivity index (χ0) is 13.8. The van der Waals surface area contributed by atoms with Crippen LogP contribution < -0.4 is 5.32 Å². The summed E-state index contributed by atoms with van der Waals surface area (Å²) >= 11 is 0. The fourth-order valence-electron chi connectivity index (χ4n) is 1.47. The first kappa shape index (κ1) is 14.2. The molecule has 0 aliphatic rings. The van der Waals surface area contributed by atoms with E-state index < -0.39 is 11.7 Å². The van der Waals surface area contributed by atoms with E-state index in [-0.39, 0.29) is 5.78 Å². The van der Waals surface area contributed by atoms with Gasteiger partial charge in [-0.05, 0) is 45.4 Å². The topological polar surface area (TPSA) is 55.4 Å². The maximum Gasteiger partial charge on any atom is 0.412 e. The third-order valence-corrected chi connectivity index (χ3v) is 2.03. The Balaban J connectivity index is 2.67. The van der Waals surface area contributed by atoms with Crippen molar-refractivity contribution in [2.45, 2.75) is 39.7 Å². The van der Waals surface area contributed by atoms with E-state index in [1.807, 2.05) is 6.07 Å². The van der Waals surface area contributed by atoms with Crippen LogP contribution in [0, 0.1) is 0 Å². The van der Waals surface area contributed by atoms with Crippen LogP contribution in [0.25, 0.3) is 0 Å². The Morgan fingerprint density at radius 3 is 2.50 bits per heavy atom. The molecule has 0 radical (unpaired) electrons. The van der Waals surface area contributed by atoms with Crippen LogP contribution in [0.4, 0.5) is 10.5 Å². The number of carbonyl (C=O) groups is 2. The molecule has 1 amide bonds. The van der Waals surface area contributed by atoms with Gasteiger partial charge in [-0.3, -0.25) is 10.1 Å². The molecule has 1 N–H and O–H groups in total. The van der Waals surface area contributed by atoms with Crippen molar-refractivity contribution in [1.82, 2.24) is 0 Å². The average Bonchev–Trinajstić information content (AvgIpc) is 2.13. The Morgan fingerprint density at radius 1 is 1.28 bits per heavy atom. The number of amides is 1. The highest BCUT2D eigenvalue weighted by atomic mass is 16.6. The van der Waals surface area contributed by atoms with E-state index in [2.05, 4.69) is 5.32 Å². The van der Waals surface area contributed by atoms with Crippen LogP contribution in [0.2, 0.25) is 0 Å². The summed E-state index contributed by atoms with van der Waals surface area (Å²) in [5.74, 6) is 0.0874. The molecule has 0 spiro atoms. The van der Waals surface area contributed by atoms with Gasteiger partial charge in [0.1, 0.15) is 11.4 Å². The van der Waals surface area contributed by atoms with Crippen molar-refractivity contribution < 1.29 is 14.3 Å². The fourth-order valence-corrected chi connectivity index (χ4v) is 1.47. The zero-order valence-corrected chi connectivity index (χ0v) is 11.2. The quantitative estimate of drug-likeness (QED) is 0.895. The predicted molar refractivity (Wildman–Crippen MR) is 70.7 cm³/mol.